The van der Waals surface area contributed by atoms with Crippen molar-refractivity contribution >= 4 is 0 Å². The molecule has 21 heavy (non-hydrogen) atoms. The van der Waals surface area contributed by atoms with Gasteiger partial charge < -0.3 is 9.84 Å². The van der Waals surface area contributed by atoms with E-state index in [9.17, 15) is 5.11 Å². The molecule has 1 saturated heterocycles. The van der Waals surface area contributed by atoms with Gasteiger partial charge in [-0.15, -0.1) is 0 Å². The van der Waals surface area contributed by atoms with Gasteiger partial charge in [0.1, 0.15) is 0 Å². The van der Waals surface area contributed by atoms with Crippen molar-refractivity contribution in [1.29, 1.82) is 0 Å². The maximum absolute atomic E-state index is 10.7. The highest BCUT2D eigenvalue weighted by molar-refractivity contribution is 5.18. The van der Waals surface area contributed by atoms with Crippen molar-refractivity contribution in [3.63, 3.8) is 0 Å². The summed E-state index contributed by atoms with van der Waals surface area (Å²) in [5.41, 5.74) is 1.18. The zero-order valence-corrected chi connectivity index (χ0v) is 13.1. The van der Waals surface area contributed by atoms with Gasteiger partial charge in [0.2, 0.25) is 0 Å². The third-order valence-corrected chi connectivity index (χ3v) is 5.68. The lowest BCUT2D eigenvalue weighted by Crippen LogP contribution is -2.43. The Kier molecular flexibility index (Phi) is 4.66. The zero-order valence-electron chi connectivity index (χ0n) is 13.1. The van der Waals surface area contributed by atoms with E-state index in [0.717, 1.165) is 25.0 Å². The molecule has 2 fully saturated rings. The molecular weight excluding hydrogens is 260 g/mol. The first-order chi connectivity index (χ1) is 10.2. The van der Waals surface area contributed by atoms with Crippen LogP contribution in [0.4, 0.5) is 0 Å². The Bertz CT molecular complexity index is 431. The van der Waals surface area contributed by atoms with Crippen LogP contribution in [-0.2, 0) is 4.74 Å². The second-order valence-corrected chi connectivity index (χ2v) is 7.06. The van der Waals surface area contributed by atoms with Gasteiger partial charge in [0.25, 0.3) is 0 Å². The molecule has 3 atom stereocenters. The molecule has 0 bridgehead atoms. The molecule has 0 amide bonds. The van der Waals surface area contributed by atoms with Crippen LogP contribution in [-0.4, -0.2) is 17.3 Å². The molecular formula is C19H28O2. The van der Waals surface area contributed by atoms with Crippen molar-refractivity contribution in [1.82, 2.24) is 0 Å². The zero-order chi connectivity index (χ0) is 14.7. The van der Waals surface area contributed by atoms with Crippen LogP contribution in [0.3, 0.4) is 0 Å². The topological polar surface area (TPSA) is 29.5 Å². The fourth-order valence-electron chi connectivity index (χ4n) is 4.27. The second-order valence-electron chi connectivity index (χ2n) is 7.06. The Morgan fingerprint density at radius 2 is 1.86 bits per heavy atom. The highest BCUT2D eigenvalue weighted by Crippen LogP contribution is 2.44. The van der Waals surface area contributed by atoms with E-state index < -0.39 is 0 Å². The Labute approximate surface area is 128 Å². The third kappa shape index (κ3) is 3.32. The van der Waals surface area contributed by atoms with Crippen LogP contribution < -0.4 is 0 Å². The van der Waals surface area contributed by atoms with Crippen molar-refractivity contribution < 1.29 is 9.84 Å². The van der Waals surface area contributed by atoms with E-state index in [2.05, 4.69) is 6.92 Å². The standard InChI is InChI=1S/C19H28O2/c1-15(18(20)16-8-4-2-5-9-16)17-10-13-21-19(14-17)11-6-3-7-12-19/h2,4-5,8-9,15,17-18,20H,3,6-7,10-14H2,1H3. The summed E-state index contributed by atoms with van der Waals surface area (Å²) in [5.74, 6) is 0.877. The van der Waals surface area contributed by atoms with Gasteiger partial charge in [0.15, 0.2) is 0 Å². The van der Waals surface area contributed by atoms with Crippen molar-refractivity contribution in [3.8, 4) is 0 Å². The number of aliphatic hydroxyl groups excluding tert-OH is 1. The van der Waals surface area contributed by atoms with Gasteiger partial charge in [-0.2, -0.15) is 0 Å². The molecule has 1 N–H and O–H groups in total. The van der Waals surface area contributed by atoms with E-state index in [1.54, 1.807) is 0 Å². The number of rotatable bonds is 3. The summed E-state index contributed by atoms with van der Waals surface area (Å²) in [4.78, 5) is 0. The first kappa shape index (κ1) is 15.1. The van der Waals surface area contributed by atoms with Crippen LogP contribution in [0.15, 0.2) is 30.3 Å². The van der Waals surface area contributed by atoms with Crippen LogP contribution in [0.2, 0.25) is 0 Å². The van der Waals surface area contributed by atoms with Crippen molar-refractivity contribution in [2.75, 3.05) is 6.61 Å². The van der Waals surface area contributed by atoms with Crippen molar-refractivity contribution in [2.24, 2.45) is 11.8 Å². The number of hydrogen-bond acceptors (Lipinski definition) is 2. The minimum absolute atomic E-state index is 0.131. The lowest BCUT2D eigenvalue weighted by molar-refractivity contribution is -0.131. The molecule has 116 valence electrons. The van der Waals surface area contributed by atoms with Gasteiger partial charge in [0.05, 0.1) is 11.7 Å². The van der Waals surface area contributed by atoms with E-state index >= 15 is 0 Å². The van der Waals surface area contributed by atoms with E-state index in [4.69, 9.17) is 4.74 Å². The fraction of sp³-hybridized carbons (Fsp3) is 0.684. The highest BCUT2D eigenvalue weighted by atomic mass is 16.5. The number of aliphatic hydroxyl groups is 1. The predicted octanol–water partition coefficient (Wildman–Crippen LogP) is 4.49. The number of hydrogen-bond donors (Lipinski definition) is 1. The molecule has 1 heterocycles. The second kappa shape index (κ2) is 6.50. The first-order valence-electron chi connectivity index (χ1n) is 8.57. The molecule has 3 rings (SSSR count). The van der Waals surface area contributed by atoms with Crippen LogP contribution in [0, 0.1) is 11.8 Å². The van der Waals surface area contributed by atoms with Crippen molar-refractivity contribution in [3.05, 3.63) is 35.9 Å². The van der Waals surface area contributed by atoms with Crippen LogP contribution >= 0.6 is 0 Å². The Morgan fingerprint density at radius 1 is 1.14 bits per heavy atom. The lowest BCUT2D eigenvalue weighted by atomic mass is 9.71. The van der Waals surface area contributed by atoms with Gasteiger partial charge in [-0.25, -0.2) is 0 Å². The largest absolute Gasteiger partial charge is 0.388 e. The maximum atomic E-state index is 10.7. The van der Waals surface area contributed by atoms with E-state index in [1.807, 2.05) is 30.3 Å². The fourth-order valence-corrected chi connectivity index (χ4v) is 4.27. The average molecular weight is 288 g/mol. The molecule has 1 aliphatic heterocycles. The Morgan fingerprint density at radius 3 is 2.57 bits per heavy atom. The Hall–Kier alpha value is -0.860. The first-order valence-corrected chi connectivity index (χ1v) is 8.57. The van der Waals surface area contributed by atoms with E-state index in [0.29, 0.717) is 11.8 Å². The number of ether oxygens (including phenoxy) is 1. The Balaban J connectivity index is 1.68. The third-order valence-electron chi connectivity index (χ3n) is 5.68. The predicted molar refractivity (Wildman–Crippen MR) is 85.1 cm³/mol. The quantitative estimate of drug-likeness (QED) is 0.888. The van der Waals surface area contributed by atoms with Gasteiger partial charge in [-0.05, 0) is 43.1 Å². The molecule has 1 saturated carbocycles. The molecule has 0 radical (unpaired) electrons. The van der Waals surface area contributed by atoms with Gasteiger partial charge in [0, 0.05) is 6.61 Å². The van der Waals surface area contributed by atoms with Crippen LogP contribution in [0.25, 0.3) is 0 Å². The highest BCUT2D eigenvalue weighted by Gasteiger charge is 2.41. The minimum Gasteiger partial charge on any atom is -0.388 e. The summed E-state index contributed by atoms with van der Waals surface area (Å²) in [6.45, 7) is 3.08. The van der Waals surface area contributed by atoms with E-state index in [1.165, 1.54) is 32.1 Å². The monoisotopic (exact) mass is 288 g/mol. The van der Waals surface area contributed by atoms with Gasteiger partial charge in [-0.1, -0.05) is 56.5 Å². The van der Waals surface area contributed by atoms with Crippen molar-refractivity contribution in [2.45, 2.75) is 63.6 Å². The van der Waals surface area contributed by atoms with Crippen LogP contribution in [0.5, 0.6) is 0 Å². The van der Waals surface area contributed by atoms with E-state index in [-0.39, 0.29) is 11.7 Å². The summed E-state index contributed by atoms with van der Waals surface area (Å²) in [6.07, 6.45) is 8.29. The van der Waals surface area contributed by atoms with Gasteiger partial charge in [-0.3, -0.25) is 0 Å². The molecule has 1 aliphatic carbocycles. The van der Waals surface area contributed by atoms with Gasteiger partial charge >= 0.3 is 0 Å². The molecule has 2 nitrogen and oxygen atoms in total. The minimum atomic E-state index is -0.352. The smallest absolute Gasteiger partial charge is 0.0818 e. The summed E-state index contributed by atoms with van der Waals surface area (Å²) in [5, 5.41) is 10.7. The molecule has 1 aromatic carbocycles. The SMILES string of the molecule is CC(C1CCOC2(CCCCC2)C1)C(O)c1ccccc1. The molecule has 1 aromatic rings. The molecule has 3 unspecified atom stereocenters. The summed E-state index contributed by atoms with van der Waals surface area (Å²) >= 11 is 0. The molecule has 0 aromatic heterocycles. The normalized spacial score (nSPS) is 28.2. The summed E-state index contributed by atoms with van der Waals surface area (Å²) in [6, 6.07) is 10.1. The molecule has 2 heteroatoms. The molecule has 2 aliphatic rings. The maximum Gasteiger partial charge on any atom is 0.0818 e. The lowest BCUT2D eigenvalue weighted by Gasteiger charge is -2.45. The van der Waals surface area contributed by atoms with Crippen LogP contribution in [0.1, 0.15) is 63.5 Å². The molecule has 1 spiro atoms. The number of benzene rings is 1. The average Bonchev–Trinajstić information content (AvgIpc) is 2.55. The summed E-state index contributed by atoms with van der Waals surface area (Å²) in [7, 11) is 0. The summed E-state index contributed by atoms with van der Waals surface area (Å²) < 4.78 is 6.19.